The molecule has 0 bridgehead atoms. The number of nitrogens with one attached hydrogen (secondary N) is 1. The van der Waals surface area contributed by atoms with E-state index < -0.39 is 22.0 Å². The van der Waals surface area contributed by atoms with Gasteiger partial charge in [0.05, 0.1) is 12.0 Å². The fourth-order valence-corrected chi connectivity index (χ4v) is 3.52. The highest BCUT2D eigenvalue weighted by Crippen LogP contribution is 2.21. The molecule has 0 radical (unpaired) electrons. The van der Waals surface area contributed by atoms with Crippen LogP contribution >= 0.6 is 11.6 Å². The average molecular weight is 320 g/mol. The van der Waals surface area contributed by atoms with E-state index in [1.54, 1.807) is 32.9 Å². The molecule has 0 saturated carbocycles. The van der Waals surface area contributed by atoms with Gasteiger partial charge in [-0.15, -0.1) is 0 Å². The summed E-state index contributed by atoms with van der Waals surface area (Å²) in [6.07, 6.45) is 0. The van der Waals surface area contributed by atoms with Crippen molar-refractivity contribution >= 4 is 27.6 Å². The van der Waals surface area contributed by atoms with Gasteiger partial charge in [-0.1, -0.05) is 31.5 Å². The van der Waals surface area contributed by atoms with E-state index in [1.807, 2.05) is 0 Å². The molecular weight excluding hydrogens is 302 g/mol. The third kappa shape index (κ3) is 3.94. The van der Waals surface area contributed by atoms with Crippen LogP contribution in [0.15, 0.2) is 23.1 Å². The number of aryl methyl sites for hydroxylation is 1. The SMILES string of the molecule is COC(=O)C(NS(=O)(=O)c1cc(Cl)ccc1C)C(C)C. The van der Waals surface area contributed by atoms with Gasteiger partial charge in [-0.3, -0.25) is 4.79 Å². The van der Waals surface area contributed by atoms with E-state index in [9.17, 15) is 13.2 Å². The zero-order chi connectivity index (χ0) is 15.5. The Morgan fingerprint density at radius 1 is 1.35 bits per heavy atom. The summed E-state index contributed by atoms with van der Waals surface area (Å²) in [4.78, 5) is 11.7. The van der Waals surface area contributed by atoms with Crippen molar-refractivity contribution in [1.82, 2.24) is 4.72 Å². The van der Waals surface area contributed by atoms with Gasteiger partial charge in [0.2, 0.25) is 10.0 Å². The third-order valence-electron chi connectivity index (χ3n) is 2.84. The number of sulfonamides is 1. The minimum atomic E-state index is -3.85. The van der Waals surface area contributed by atoms with E-state index in [4.69, 9.17) is 11.6 Å². The van der Waals surface area contributed by atoms with Crippen LogP contribution in [0.1, 0.15) is 19.4 Å². The summed E-state index contributed by atoms with van der Waals surface area (Å²) in [6.45, 7) is 5.12. The number of ether oxygens (including phenoxy) is 1. The van der Waals surface area contributed by atoms with Gasteiger partial charge in [0.1, 0.15) is 6.04 Å². The number of hydrogen-bond acceptors (Lipinski definition) is 4. The van der Waals surface area contributed by atoms with Crippen LogP contribution in [0.25, 0.3) is 0 Å². The van der Waals surface area contributed by atoms with Crippen molar-refractivity contribution in [2.75, 3.05) is 7.11 Å². The van der Waals surface area contributed by atoms with Crippen molar-refractivity contribution < 1.29 is 17.9 Å². The summed E-state index contributed by atoms with van der Waals surface area (Å²) in [5.74, 6) is -0.861. The maximum Gasteiger partial charge on any atom is 0.324 e. The molecule has 0 fully saturated rings. The molecule has 0 aliphatic heterocycles. The normalized spacial score (nSPS) is 13.3. The maximum atomic E-state index is 12.4. The molecule has 0 amide bonds. The molecule has 7 heteroatoms. The summed E-state index contributed by atoms with van der Waals surface area (Å²) < 4.78 is 31.7. The fourth-order valence-electron chi connectivity index (χ4n) is 1.68. The van der Waals surface area contributed by atoms with E-state index in [0.29, 0.717) is 10.6 Å². The molecule has 5 nitrogen and oxygen atoms in total. The zero-order valence-electron chi connectivity index (χ0n) is 11.8. The molecule has 0 saturated heterocycles. The number of benzene rings is 1. The number of esters is 1. The monoisotopic (exact) mass is 319 g/mol. The Morgan fingerprint density at radius 3 is 2.45 bits per heavy atom. The van der Waals surface area contributed by atoms with E-state index in [1.165, 1.54) is 13.2 Å². The van der Waals surface area contributed by atoms with Gasteiger partial charge in [0, 0.05) is 5.02 Å². The molecule has 20 heavy (non-hydrogen) atoms. The molecule has 1 rings (SSSR count). The second-order valence-electron chi connectivity index (χ2n) is 4.78. The highest BCUT2D eigenvalue weighted by molar-refractivity contribution is 7.89. The molecule has 0 heterocycles. The Hall–Kier alpha value is -1.11. The van der Waals surface area contributed by atoms with Crippen LogP contribution in [0.2, 0.25) is 5.02 Å². The number of hydrogen-bond donors (Lipinski definition) is 1. The highest BCUT2D eigenvalue weighted by Gasteiger charge is 2.29. The number of carbonyl (C=O) groups excluding carboxylic acids is 1. The lowest BCUT2D eigenvalue weighted by atomic mass is 10.1. The molecule has 1 unspecified atom stereocenters. The number of carbonyl (C=O) groups is 1. The van der Waals surface area contributed by atoms with Gasteiger partial charge in [-0.05, 0) is 30.5 Å². The molecule has 1 N–H and O–H groups in total. The summed E-state index contributed by atoms with van der Waals surface area (Å²) in [5, 5.41) is 0.315. The first-order valence-electron chi connectivity index (χ1n) is 6.05. The van der Waals surface area contributed by atoms with Crippen LogP contribution in [0.5, 0.6) is 0 Å². The van der Waals surface area contributed by atoms with Crippen molar-refractivity contribution in [1.29, 1.82) is 0 Å². The van der Waals surface area contributed by atoms with Crippen LogP contribution in [0.4, 0.5) is 0 Å². The van der Waals surface area contributed by atoms with Gasteiger partial charge >= 0.3 is 5.97 Å². The minimum Gasteiger partial charge on any atom is -0.468 e. The van der Waals surface area contributed by atoms with Crippen molar-refractivity contribution in [2.24, 2.45) is 5.92 Å². The third-order valence-corrected chi connectivity index (χ3v) is 4.66. The topological polar surface area (TPSA) is 72.5 Å². The van der Waals surface area contributed by atoms with Crippen LogP contribution in [0, 0.1) is 12.8 Å². The Balaban J connectivity index is 3.16. The van der Waals surface area contributed by atoms with Crippen molar-refractivity contribution in [2.45, 2.75) is 31.7 Å². The molecule has 1 atom stereocenters. The predicted molar refractivity (Wildman–Crippen MR) is 77.2 cm³/mol. The van der Waals surface area contributed by atoms with Gasteiger partial charge in [0.25, 0.3) is 0 Å². The van der Waals surface area contributed by atoms with Gasteiger partial charge in [-0.25, -0.2) is 8.42 Å². The highest BCUT2D eigenvalue weighted by atomic mass is 35.5. The smallest absolute Gasteiger partial charge is 0.324 e. The fraction of sp³-hybridized carbons (Fsp3) is 0.462. The molecule has 1 aromatic carbocycles. The van der Waals surface area contributed by atoms with Crippen molar-refractivity contribution in [3.8, 4) is 0 Å². The second-order valence-corrected chi connectivity index (χ2v) is 6.89. The quantitative estimate of drug-likeness (QED) is 0.844. The minimum absolute atomic E-state index is 0.0551. The summed E-state index contributed by atoms with van der Waals surface area (Å²) >= 11 is 5.83. The average Bonchev–Trinajstić information content (AvgIpc) is 2.37. The molecule has 1 aromatic rings. The van der Waals surface area contributed by atoms with Crippen LogP contribution in [-0.4, -0.2) is 27.5 Å². The lowest BCUT2D eigenvalue weighted by Gasteiger charge is -2.20. The Bertz CT molecular complexity index is 598. The van der Waals surface area contributed by atoms with E-state index in [-0.39, 0.29) is 10.8 Å². The Kier molecular flexibility index (Phi) is 5.56. The maximum absolute atomic E-state index is 12.4. The Morgan fingerprint density at radius 2 is 1.95 bits per heavy atom. The first-order valence-corrected chi connectivity index (χ1v) is 7.91. The summed E-state index contributed by atoms with van der Waals surface area (Å²) in [5.41, 5.74) is 0.550. The van der Waals surface area contributed by atoms with Gasteiger partial charge in [0.15, 0.2) is 0 Å². The largest absolute Gasteiger partial charge is 0.468 e. The van der Waals surface area contributed by atoms with E-state index in [0.717, 1.165) is 0 Å². The van der Waals surface area contributed by atoms with Crippen LogP contribution in [-0.2, 0) is 19.6 Å². The molecule has 0 aliphatic carbocycles. The van der Waals surface area contributed by atoms with E-state index >= 15 is 0 Å². The number of rotatable bonds is 5. The second kappa shape index (κ2) is 6.56. The Labute approximate surface area is 124 Å². The van der Waals surface area contributed by atoms with Crippen LogP contribution in [0.3, 0.4) is 0 Å². The molecular formula is C13H18ClNO4S. The molecule has 112 valence electrons. The van der Waals surface area contributed by atoms with E-state index in [2.05, 4.69) is 9.46 Å². The zero-order valence-corrected chi connectivity index (χ0v) is 13.4. The number of halogens is 1. The summed E-state index contributed by atoms with van der Waals surface area (Å²) in [6, 6.07) is 3.63. The van der Waals surface area contributed by atoms with Crippen molar-refractivity contribution in [3.05, 3.63) is 28.8 Å². The molecule has 0 aliphatic rings. The lowest BCUT2D eigenvalue weighted by molar-refractivity contribution is -0.143. The van der Waals surface area contributed by atoms with Crippen LogP contribution < -0.4 is 4.72 Å². The predicted octanol–water partition coefficient (Wildman–Crippen LogP) is 2.12. The first-order chi connectivity index (χ1) is 9.19. The standard InChI is InChI=1S/C13H18ClNO4S/c1-8(2)12(13(16)19-4)15-20(17,18)11-7-10(14)6-5-9(11)3/h5-8,12,15H,1-4H3. The van der Waals surface area contributed by atoms with Crippen molar-refractivity contribution in [3.63, 3.8) is 0 Å². The van der Waals surface area contributed by atoms with Gasteiger partial charge < -0.3 is 4.74 Å². The first kappa shape index (κ1) is 16.9. The number of methoxy groups -OCH3 is 1. The molecule has 0 spiro atoms. The summed E-state index contributed by atoms with van der Waals surface area (Å²) in [7, 11) is -2.63. The van der Waals surface area contributed by atoms with Gasteiger partial charge in [-0.2, -0.15) is 4.72 Å². The lowest BCUT2D eigenvalue weighted by Crippen LogP contribution is -2.45. The molecule has 0 aromatic heterocycles.